The van der Waals surface area contributed by atoms with Crippen LogP contribution in [0.15, 0.2) is 24.3 Å². The lowest BCUT2D eigenvalue weighted by atomic mass is 10.1. The summed E-state index contributed by atoms with van der Waals surface area (Å²) in [5.41, 5.74) is 1.21. The van der Waals surface area contributed by atoms with Gasteiger partial charge in [-0.15, -0.1) is 0 Å². The average molecular weight is 251 g/mol. The van der Waals surface area contributed by atoms with Gasteiger partial charge in [-0.1, -0.05) is 36.6 Å². The van der Waals surface area contributed by atoms with Crippen molar-refractivity contribution in [3.05, 3.63) is 34.9 Å². The van der Waals surface area contributed by atoms with Gasteiger partial charge in [0.05, 0.1) is 5.84 Å². The molecular formula is C14H19ClN2. The molecule has 1 fully saturated rings. The number of amidine groups is 1. The van der Waals surface area contributed by atoms with Crippen molar-refractivity contribution in [3.8, 4) is 0 Å². The Balaban J connectivity index is 1.93. The minimum absolute atomic E-state index is 0.479. The predicted molar refractivity (Wildman–Crippen MR) is 72.6 cm³/mol. The highest BCUT2D eigenvalue weighted by Crippen LogP contribution is 2.26. The molecule has 1 N–H and O–H groups in total. The number of rotatable bonds is 3. The van der Waals surface area contributed by atoms with Gasteiger partial charge in [-0.2, -0.15) is 0 Å². The first-order chi connectivity index (χ1) is 8.16. The zero-order chi connectivity index (χ0) is 12.3. The topological polar surface area (TPSA) is 27.1 Å². The maximum absolute atomic E-state index is 8.18. The van der Waals surface area contributed by atoms with Gasteiger partial charge in [-0.3, -0.25) is 5.41 Å². The Labute approximate surface area is 108 Å². The summed E-state index contributed by atoms with van der Waals surface area (Å²) in [4.78, 5) is 2.05. The van der Waals surface area contributed by atoms with Gasteiger partial charge in [0, 0.05) is 24.5 Å². The van der Waals surface area contributed by atoms with E-state index in [-0.39, 0.29) is 0 Å². The van der Waals surface area contributed by atoms with E-state index in [0.29, 0.717) is 5.92 Å². The fourth-order valence-electron chi connectivity index (χ4n) is 2.46. The first kappa shape index (κ1) is 12.4. The number of hydrogen-bond acceptors (Lipinski definition) is 1. The first-order valence-corrected chi connectivity index (χ1v) is 6.58. The monoisotopic (exact) mass is 250 g/mol. The molecular weight excluding hydrogens is 232 g/mol. The normalized spacial score (nSPS) is 16.1. The Hall–Kier alpha value is -1.02. The molecule has 2 rings (SSSR count). The largest absolute Gasteiger partial charge is 0.359 e. The summed E-state index contributed by atoms with van der Waals surface area (Å²) in [6, 6.07) is 7.87. The first-order valence-electron chi connectivity index (χ1n) is 6.21. The molecule has 0 amide bonds. The van der Waals surface area contributed by atoms with Gasteiger partial charge in [0.2, 0.25) is 0 Å². The second-order valence-corrected chi connectivity index (χ2v) is 5.29. The van der Waals surface area contributed by atoms with Crippen LogP contribution < -0.4 is 0 Å². The maximum atomic E-state index is 8.18. The number of benzene rings is 1. The third kappa shape index (κ3) is 3.22. The van der Waals surface area contributed by atoms with Crippen LogP contribution in [0.4, 0.5) is 0 Å². The second kappa shape index (κ2) is 5.54. The molecule has 0 saturated heterocycles. The highest BCUT2D eigenvalue weighted by Gasteiger charge is 2.22. The zero-order valence-corrected chi connectivity index (χ0v) is 11.0. The zero-order valence-electron chi connectivity index (χ0n) is 10.2. The fourth-order valence-corrected chi connectivity index (χ4v) is 2.59. The van der Waals surface area contributed by atoms with Gasteiger partial charge in [0.25, 0.3) is 0 Å². The van der Waals surface area contributed by atoms with E-state index in [0.717, 1.165) is 17.4 Å². The van der Waals surface area contributed by atoms with E-state index in [1.165, 1.54) is 31.2 Å². The summed E-state index contributed by atoms with van der Waals surface area (Å²) in [5.74, 6) is 1.27. The molecule has 3 heteroatoms. The molecule has 1 aromatic rings. The Kier molecular flexibility index (Phi) is 4.06. The van der Waals surface area contributed by atoms with Crippen LogP contribution in [0.25, 0.3) is 0 Å². The molecule has 0 aliphatic heterocycles. The molecule has 1 aliphatic rings. The van der Waals surface area contributed by atoms with Gasteiger partial charge < -0.3 is 4.90 Å². The lowest BCUT2D eigenvalue weighted by Crippen LogP contribution is -2.30. The van der Waals surface area contributed by atoms with Crippen molar-refractivity contribution in [1.29, 1.82) is 5.41 Å². The Morgan fingerprint density at radius 2 is 1.88 bits per heavy atom. The number of hydrogen-bond donors (Lipinski definition) is 1. The number of nitrogens with one attached hydrogen (secondary N) is 1. The maximum Gasteiger partial charge on any atom is 0.0989 e. The van der Waals surface area contributed by atoms with Crippen LogP contribution in [0.1, 0.15) is 31.2 Å². The quantitative estimate of drug-likeness (QED) is 0.639. The summed E-state index contributed by atoms with van der Waals surface area (Å²) in [7, 11) is 2.01. The second-order valence-electron chi connectivity index (χ2n) is 4.85. The highest BCUT2D eigenvalue weighted by atomic mass is 35.5. The average Bonchev–Trinajstić information content (AvgIpc) is 2.84. The van der Waals surface area contributed by atoms with Crippen molar-refractivity contribution >= 4 is 17.4 Å². The van der Waals surface area contributed by atoms with E-state index >= 15 is 0 Å². The predicted octanol–water partition coefficient (Wildman–Crippen LogP) is 3.94. The molecule has 0 bridgehead atoms. The van der Waals surface area contributed by atoms with Crippen LogP contribution in [0.2, 0.25) is 5.02 Å². The van der Waals surface area contributed by atoms with Crippen LogP contribution in [0.3, 0.4) is 0 Å². The third-order valence-corrected chi connectivity index (χ3v) is 3.74. The molecule has 0 aromatic heterocycles. The SMILES string of the molecule is CN(Cc1ccc(Cl)cc1)C(=N)C1CCCC1. The van der Waals surface area contributed by atoms with Gasteiger partial charge in [-0.25, -0.2) is 0 Å². The van der Waals surface area contributed by atoms with Crippen molar-refractivity contribution in [2.75, 3.05) is 7.05 Å². The Morgan fingerprint density at radius 3 is 2.47 bits per heavy atom. The van der Waals surface area contributed by atoms with E-state index in [4.69, 9.17) is 17.0 Å². The molecule has 17 heavy (non-hydrogen) atoms. The molecule has 1 saturated carbocycles. The lowest BCUT2D eigenvalue weighted by molar-refractivity contribution is 0.456. The van der Waals surface area contributed by atoms with Crippen LogP contribution in [0, 0.1) is 11.3 Å². The van der Waals surface area contributed by atoms with E-state index in [9.17, 15) is 0 Å². The standard InChI is InChI=1S/C14H19ClN2/c1-17(14(16)12-4-2-3-5-12)10-11-6-8-13(15)9-7-11/h6-9,12,16H,2-5,10H2,1H3. The number of nitrogens with zero attached hydrogens (tertiary/aromatic N) is 1. The smallest absolute Gasteiger partial charge is 0.0989 e. The lowest BCUT2D eigenvalue weighted by Gasteiger charge is -2.24. The molecule has 1 aliphatic carbocycles. The van der Waals surface area contributed by atoms with Crippen molar-refractivity contribution in [1.82, 2.24) is 4.90 Å². The van der Waals surface area contributed by atoms with Gasteiger partial charge in [0.1, 0.15) is 0 Å². The summed E-state index contributed by atoms with van der Waals surface area (Å²) in [6.45, 7) is 0.798. The van der Waals surface area contributed by atoms with E-state index in [1.54, 1.807) is 0 Å². The molecule has 0 atom stereocenters. The summed E-state index contributed by atoms with van der Waals surface area (Å²) in [5, 5.41) is 8.95. The van der Waals surface area contributed by atoms with Crippen molar-refractivity contribution in [2.45, 2.75) is 32.2 Å². The molecule has 2 nitrogen and oxygen atoms in total. The molecule has 0 heterocycles. The van der Waals surface area contributed by atoms with E-state index in [1.807, 2.05) is 31.3 Å². The highest BCUT2D eigenvalue weighted by molar-refractivity contribution is 6.30. The number of halogens is 1. The summed E-state index contributed by atoms with van der Waals surface area (Å²) in [6.07, 6.45) is 4.93. The molecule has 0 spiro atoms. The van der Waals surface area contributed by atoms with Crippen molar-refractivity contribution < 1.29 is 0 Å². The Bertz CT molecular complexity index is 380. The molecule has 0 radical (unpaired) electrons. The molecule has 0 unspecified atom stereocenters. The molecule has 1 aromatic carbocycles. The minimum atomic E-state index is 0.479. The minimum Gasteiger partial charge on any atom is -0.359 e. The van der Waals surface area contributed by atoms with E-state index < -0.39 is 0 Å². The van der Waals surface area contributed by atoms with Crippen molar-refractivity contribution in [3.63, 3.8) is 0 Å². The van der Waals surface area contributed by atoms with Gasteiger partial charge in [-0.05, 0) is 30.5 Å². The third-order valence-electron chi connectivity index (χ3n) is 3.49. The van der Waals surface area contributed by atoms with Gasteiger partial charge >= 0.3 is 0 Å². The molecule has 92 valence electrons. The fraction of sp³-hybridized carbons (Fsp3) is 0.500. The van der Waals surface area contributed by atoms with Crippen LogP contribution in [0.5, 0.6) is 0 Å². The summed E-state index contributed by atoms with van der Waals surface area (Å²) >= 11 is 5.86. The van der Waals surface area contributed by atoms with Crippen LogP contribution >= 0.6 is 11.6 Å². The van der Waals surface area contributed by atoms with Crippen LogP contribution in [-0.2, 0) is 6.54 Å². The van der Waals surface area contributed by atoms with Crippen molar-refractivity contribution in [2.24, 2.45) is 5.92 Å². The summed E-state index contributed by atoms with van der Waals surface area (Å²) < 4.78 is 0. The van der Waals surface area contributed by atoms with E-state index in [2.05, 4.69) is 4.90 Å². The van der Waals surface area contributed by atoms with Gasteiger partial charge in [0.15, 0.2) is 0 Å². The Morgan fingerprint density at radius 1 is 1.29 bits per heavy atom. The van der Waals surface area contributed by atoms with Crippen LogP contribution in [-0.4, -0.2) is 17.8 Å².